The van der Waals surface area contributed by atoms with Crippen molar-refractivity contribution in [3.05, 3.63) is 90.5 Å². The first-order valence-corrected chi connectivity index (χ1v) is 11.6. The monoisotopic (exact) mass is 456 g/mol. The van der Waals surface area contributed by atoms with E-state index in [1.807, 2.05) is 67.6 Å². The van der Waals surface area contributed by atoms with E-state index in [2.05, 4.69) is 5.32 Å². The van der Waals surface area contributed by atoms with Gasteiger partial charge >= 0.3 is 0 Å². The molecule has 1 aromatic heterocycles. The van der Waals surface area contributed by atoms with Gasteiger partial charge in [0.05, 0.1) is 6.61 Å². The van der Waals surface area contributed by atoms with Crippen molar-refractivity contribution in [3.8, 4) is 27.6 Å². The lowest BCUT2D eigenvalue weighted by Crippen LogP contribution is -2.13. The summed E-state index contributed by atoms with van der Waals surface area (Å²) in [6.07, 6.45) is 0.226. The Hall–Kier alpha value is -3.77. The maximum Gasteiger partial charge on any atom is 0.225 e. The molecule has 5 nitrogen and oxygen atoms in total. The number of carbonyl (C=O) groups excluding carboxylic acids is 2. The Balaban J connectivity index is 1.46. The molecular weight excluding hydrogens is 432 g/mol. The summed E-state index contributed by atoms with van der Waals surface area (Å²) in [6.45, 7) is 2.48. The first-order valence-electron chi connectivity index (χ1n) is 10.8. The molecule has 6 heteroatoms. The fraction of sp³-hybridized carbons (Fsp3) is 0.148. The van der Waals surface area contributed by atoms with Crippen LogP contribution in [-0.4, -0.2) is 23.3 Å². The third-order valence-corrected chi connectivity index (χ3v) is 6.03. The van der Waals surface area contributed by atoms with Crippen molar-refractivity contribution < 1.29 is 14.3 Å². The number of anilines is 1. The largest absolute Gasteiger partial charge is 0.494 e. The average Bonchev–Trinajstić information content (AvgIpc) is 3.28. The molecule has 0 unspecified atom stereocenters. The molecule has 0 atom stereocenters. The Morgan fingerprint density at radius 3 is 2.12 bits per heavy atom. The first kappa shape index (κ1) is 22.4. The van der Waals surface area contributed by atoms with Gasteiger partial charge in [-0.05, 0) is 31.2 Å². The molecule has 1 amide bonds. The maximum atomic E-state index is 12.7. The molecule has 4 aromatic rings. The van der Waals surface area contributed by atoms with Gasteiger partial charge in [0.1, 0.15) is 21.5 Å². The van der Waals surface area contributed by atoms with Crippen LogP contribution in [0.1, 0.15) is 30.1 Å². The fourth-order valence-electron chi connectivity index (χ4n) is 3.36. The van der Waals surface area contributed by atoms with Gasteiger partial charge in [-0.25, -0.2) is 4.98 Å². The lowest BCUT2D eigenvalue weighted by Gasteiger charge is -2.06. The number of amides is 1. The zero-order chi connectivity index (χ0) is 23.0. The molecule has 0 spiro atoms. The van der Waals surface area contributed by atoms with Crippen LogP contribution < -0.4 is 10.1 Å². The number of benzene rings is 3. The van der Waals surface area contributed by atoms with Crippen LogP contribution in [0.3, 0.4) is 0 Å². The normalized spacial score (nSPS) is 10.6. The number of ketones is 1. The van der Waals surface area contributed by atoms with Crippen molar-refractivity contribution in [2.24, 2.45) is 0 Å². The molecule has 0 radical (unpaired) electrons. The van der Waals surface area contributed by atoms with Gasteiger partial charge in [0, 0.05) is 29.5 Å². The second-order valence-electron chi connectivity index (χ2n) is 7.36. The molecule has 0 aliphatic heterocycles. The molecule has 0 saturated carbocycles. The summed E-state index contributed by atoms with van der Waals surface area (Å²) >= 11 is 1.43. The number of thiazole rings is 1. The van der Waals surface area contributed by atoms with Crippen molar-refractivity contribution in [1.82, 2.24) is 4.98 Å². The van der Waals surface area contributed by atoms with E-state index in [9.17, 15) is 9.59 Å². The molecule has 0 aliphatic rings. The molecule has 3 aromatic carbocycles. The highest BCUT2D eigenvalue weighted by Gasteiger charge is 2.17. The molecule has 0 saturated heterocycles. The number of Topliss-reactive ketones (excluding diaryl/α,β-unsaturated/α-hetero) is 1. The zero-order valence-electron chi connectivity index (χ0n) is 18.3. The highest BCUT2D eigenvalue weighted by atomic mass is 32.1. The van der Waals surface area contributed by atoms with Crippen LogP contribution in [0.4, 0.5) is 5.00 Å². The van der Waals surface area contributed by atoms with E-state index in [0.717, 1.165) is 27.6 Å². The number of ether oxygens (including phenoxy) is 1. The van der Waals surface area contributed by atoms with E-state index in [-0.39, 0.29) is 24.5 Å². The van der Waals surface area contributed by atoms with Gasteiger partial charge in [0.25, 0.3) is 0 Å². The highest BCUT2D eigenvalue weighted by Crippen LogP contribution is 2.38. The van der Waals surface area contributed by atoms with Gasteiger partial charge in [-0.2, -0.15) is 0 Å². The summed E-state index contributed by atoms with van der Waals surface area (Å²) in [5, 5.41) is 4.48. The van der Waals surface area contributed by atoms with Crippen LogP contribution in [0.2, 0.25) is 0 Å². The average molecular weight is 457 g/mol. The quantitative estimate of drug-likeness (QED) is 0.293. The van der Waals surface area contributed by atoms with Crippen molar-refractivity contribution in [2.75, 3.05) is 11.9 Å². The van der Waals surface area contributed by atoms with E-state index in [1.165, 1.54) is 11.3 Å². The third-order valence-electron chi connectivity index (χ3n) is 5.01. The van der Waals surface area contributed by atoms with Gasteiger partial charge in [0.2, 0.25) is 5.91 Å². The fourth-order valence-corrected chi connectivity index (χ4v) is 4.37. The van der Waals surface area contributed by atoms with E-state index in [1.54, 1.807) is 24.3 Å². The molecule has 4 rings (SSSR count). The maximum absolute atomic E-state index is 12.7. The number of rotatable bonds is 9. The number of nitrogens with one attached hydrogen (secondary N) is 1. The predicted octanol–water partition coefficient (Wildman–Crippen LogP) is 6.48. The van der Waals surface area contributed by atoms with E-state index < -0.39 is 0 Å². The lowest BCUT2D eigenvalue weighted by molar-refractivity contribution is -0.116. The smallest absolute Gasteiger partial charge is 0.225 e. The van der Waals surface area contributed by atoms with Gasteiger partial charge in [-0.15, -0.1) is 0 Å². The van der Waals surface area contributed by atoms with E-state index in [4.69, 9.17) is 9.72 Å². The minimum Gasteiger partial charge on any atom is -0.494 e. The zero-order valence-corrected chi connectivity index (χ0v) is 19.1. The van der Waals surface area contributed by atoms with Crippen molar-refractivity contribution in [2.45, 2.75) is 19.8 Å². The number of hydrogen-bond acceptors (Lipinski definition) is 5. The number of hydrogen-bond donors (Lipinski definition) is 1. The van der Waals surface area contributed by atoms with E-state index >= 15 is 0 Å². The molecule has 0 aliphatic carbocycles. The summed E-state index contributed by atoms with van der Waals surface area (Å²) < 4.78 is 5.41. The Bertz CT molecular complexity index is 1220. The number of aromatic nitrogens is 1. The van der Waals surface area contributed by atoms with Crippen molar-refractivity contribution in [3.63, 3.8) is 0 Å². The third kappa shape index (κ3) is 5.73. The minimum absolute atomic E-state index is 0.0780. The molecule has 33 heavy (non-hydrogen) atoms. The van der Waals surface area contributed by atoms with Crippen LogP contribution in [0.15, 0.2) is 84.9 Å². The second-order valence-corrected chi connectivity index (χ2v) is 8.36. The summed E-state index contributed by atoms with van der Waals surface area (Å²) in [5.74, 6) is 0.431. The summed E-state index contributed by atoms with van der Waals surface area (Å²) in [7, 11) is 0. The van der Waals surface area contributed by atoms with Gasteiger partial charge in [0.15, 0.2) is 5.78 Å². The summed E-state index contributed by atoms with van der Waals surface area (Å²) in [4.78, 5) is 30.0. The Morgan fingerprint density at radius 1 is 0.848 bits per heavy atom. The molecule has 1 N–H and O–H groups in total. The summed E-state index contributed by atoms with van der Waals surface area (Å²) in [5.41, 5.74) is 3.22. The van der Waals surface area contributed by atoms with Crippen LogP contribution in [0.5, 0.6) is 5.75 Å². The standard InChI is InChI=1S/C27H24N2O3S/c1-2-32-22-15-13-19(14-16-22)23(30)17-18-24(31)28-27-25(20-9-5-3-6-10-20)29-26(33-27)21-11-7-4-8-12-21/h3-16H,2,17-18H2,1H3,(H,28,31). The van der Waals surface area contributed by atoms with Crippen LogP contribution in [-0.2, 0) is 4.79 Å². The Labute approximate surface area is 197 Å². The van der Waals surface area contributed by atoms with Gasteiger partial charge in [-0.3, -0.25) is 9.59 Å². The van der Waals surface area contributed by atoms with E-state index in [0.29, 0.717) is 17.2 Å². The Morgan fingerprint density at radius 2 is 1.48 bits per heavy atom. The number of nitrogens with zero attached hydrogens (tertiary/aromatic N) is 1. The topological polar surface area (TPSA) is 68.3 Å². The minimum atomic E-state index is -0.213. The summed E-state index contributed by atoms with van der Waals surface area (Å²) in [6, 6.07) is 26.6. The van der Waals surface area contributed by atoms with Gasteiger partial charge in [-0.1, -0.05) is 72.0 Å². The first-order chi connectivity index (χ1) is 16.1. The second kappa shape index (κ2) is 10.7. The Kier molecular flexibility index (Phi) is 7.27. The molecule has 166 valence electrons. The molecular formula is C27H24N2O3S. The van der Waals surface area contributed by atoms with Gasteiger partial charge < -0.3 is 10.1 Å². The van der Waals surface area contributed by atoms with Crippen LogP contribution >= 0.6 is 11.3 Å². The van der Waals surface area contributed by atoms with Crippen molar-refractivity contribution >= 4 is 28.0 Å². The van der Waals surface area contributed by atoms with Crippen molar-refractivity contribution in [1.29, 1.82) is 0 Å². The lowest BCUT2D eigenvalue weighted by atomic mass is 10.1. The number of carbonyl (C=O) groups is 2. The van der Waals surface area contributed by atoms with Crippen LogP contribution in [0.25, 0.3) is 21.8 Å². The highest BCUT2D eigenvalue weighted by molar-refractivity contribution is 7.19. The molecule has 1 heterocycles. The molecule has 0 fully saturated rings. The van der Waals surface area contributed by atoms with Crippen LogP contribution in [0, 0.1) is 0 Å². The molecule has 0 bridgehead atoms. The predicted molar refractivity (Wildman–Crippen MR) is 133 cm³/mol. The SMILES string of the molecule is CCOc1ccc(C(=O)CCC(=O)Nc2sc(-c3ccccc3)nc2-c2ccccc2)cc1.